The van der Waals surface area contributed by atoms with Crippen LogP contribution in [-0.2, 0) is 16.1 Å². The summed E-state index contributed by atoms with van der Waals surface area (Å²) in [7, 11) is 0. The molecular formula is C17H25N3O2. The van der Waals surface area contributed by atoms with Crippen LogP contribution in [0.5, 0.6) is 0 Å². The van der Waals surface area contributed by atoms with Crippen molar-refractivity contribution in [3.63, 3.8) is 0 Å². The smallest absolute Gasteiger partial charge is 0.224 e. The van der Waals surface area contributed by atoms with E-state index in [4.69, 9.17) is 0 Å². The van der Waals surface area contributed by atoms with Crippen LogP contribution in [0.3, 0.4) is 0 Å². The maximum absolute atomic E-state index is 11.9. The molecular weight excluding hydrogens is 278 g/mol. The molecule has 0 aliphatic heterocycles. The number of carbonyl (C=O) groups is 2. The standard InChI is InChI=1S/C17H25N3O2/c1-2-18-12-13-5-3-6-15(11-13)20-16(21)7-4-10-19-17(22)14-8-9-14/h3,5-6,11,14,18H,2,4,7-10,12H2,1H3,(H,19,22)(H,20,21). The van der Waals surface area contributed by atoms with E-state index in [-0.39, 0.29) is 17.7 Å². The molecule has 1 fully saturated rings. The number of benzene rings is 1. The van der Waals surface area contributed by atoms with Gasteiger partial charge in [0.1, 0.15) is 0 Å². The molecule has 0 spiro atoms. The largest absolute Gasteiger partial charge is 0.356 e. The Morgan fingerprint density at radius 3 is 2.82 bits per heavy atom. The summed E-state index contributed by atoms with van der Waals surface area (Å²) in [6, 6.07) is 7.85. The zero-order valence-corrected chi connectivity index (χ0v) is 13.2. The van der Waals surface area contributed by atoms with Gasteiger partial charge in [-0.25, -0.2) is 0 Å². The molecule has 0 aromatic heterocycles. The average molecular weight is 303 g/mol. The van der Waals surface area contributed by atoms with E-state index in [2.05, 4.69) is 22.9 Å². The average Bonchev–Trinajstić information content (AvgIpc) is 3.34. The molecule has 1 aromatic rings. The van der Waals surface area contributed by atoms with Crippen molar-refractivity contribution in [3.8, 4) is 0 Å². The van der Waals surface area contributed by atoms with Gasteiger partial charge < -0.3 is 16.0 Å². The molecule has 120 valence electrons. The second kappa shape index (κ2) is 8.54. The number of anilines is 1. The summed E-state index contributed by atoms with van der Waals surface area (Å²) in [4.78, 5) is 23.3. The van der Waals surface area contributed by atoms with E-state index in [0.29, 0.717) is 19.4 Å². The second-order valence-corrected chi connectivity index (χ2v) is 5.70. The highest BCUT2D eigenvalue weighted by Gasteiger charge is 2.28. The topological polar surface area (TPSA) is 70.2 Å². The van der Waals surface area contributed by atoms with Crippen molar-refractivity contribution in [2.75, 3.05) is 18.4 Å². The predicted octanol–water partition coefficient (Wildman–Crippen LogP) is 2.04. The van der Waals surface area contributed by atoms with Crippen LogP contribution in [0.4, 0.5) is 5.69 Å². The van der Waals surface area contributed by atoms with Crippen LogP contribution in [0.2, 0.25) is 0 Å². The first-order valence-corrected chi connectivity index (χ1v) is 8.06. The monoisotopic (exact) mass is 303 g/mol. The molecule has 2 rings (SSSR count). The van der Waals surface area contributed by atoms with Crippen molar-refractivity contribution in [1.29, 1.82) is 0 Å². The third kappa shape index (κ3) is 5.85. The molecule has 5 heteroatoms. The number of hydrogen-bond acceptors (Lipinski definition) is 3. The van der Waals surface area contributed by atoms with Gasteiger partial charge in [-0.1, -0.05) is 19.1 Å². The lowest BCUT2D eigenvalue weighted by molar-refractivity contribution is -0.122. The van der Waals surface area contributed by atoms with Gasteiger partial charge >= 0.3 is 0 Å². The SMILES string of the molecule is CCNCc1cccc(NC(=O)CCCNC(=O)C2CC2)c1. The van der Waals surface area contributed by atoms with Gasteiger partial charge in [-0.2, -0.15) is 0 Å². The summed E-state index contributed by atoms with van der Waals surface area (Å²) >= 11 is 0. The number of hydrogen-bond donors (Lipinski definition) is 3. The fourth-order valence-electron chi connectivity index (χ4n) is 2.20. The van der Waals surface area contributed by atoms with Gasteiger partial charge in [0.15, 0.2) is 0 Å². The Balaban J connectivity index is 1.66. The number of amides is 2. The summed E-state index contributed by atoms with van der Waals surface area (Å²) in [5.74, 6) is 0.353. The van der Waals surface area contributed by atoms with Crippen LogP contribution in [0.1, 0.15) is 38.2 Å². The Bertz CT molecular complexity index is 512. The Labute approximate surface area is 131 Å². The fraction of sp³-hybridized carbons (Fsp3) is 0.529. The maximum atomic E-state index is 11.9. The lowest BCUT2D eigenvalue weighted by Gasteiger charge is -2.08. The Kier molecular flexibility index (Phi) is 6.40. The van der Waals surface area contributed by atoms with E-state index in [1.54, 1.807) is 0 Å². The molecule has 1 saturated carbocycles. The summed E-state index contributed by atoms with van der Waals surface area (Å²) < 4.78 is 0. The van der Waals surface area contributed by atoms with Gasteiger partial charge in [0, 0.05) is 31.1 Å². The highest BCUT2D eigenvalue weighted by atomic mass is 16.2. The molecule has 0 atom stereocenters. The molecule has 1 aliphatic carbocycles. The summed E-state index contributed by atoms with van der Waals surface area (Å²) in [6.45, 7) is 4.35. The molecule has 3 N–H and O–H groups in total. The molecule has 0 unspecified atom stereocenters. The fourth-order valence-corrected chi connectivity index (χ4v) is 2.20. The lowest BCUT2D eigenvalue weighted by Crippen LogP contribution is -2.26. The van der Waals surface area contributed by atoms with Crippen molar-refractivity contribution in [2.24, 2.45) is 5.92 Å². The molecule has 1 aromatic carbocycles. The maximum Gasteiger partial charge on any atom is 0.224 e. The van der Waals surface area contributed by atoms with Gasteiger partial charge in [0.25, 0.3) is 0 Å². The lowest BCUT2D eigenvalue weighted by atomic mass is 10.2. The van der Waals surface area contributed by atoms with E-state index in [0.717, 1.165) is 37.2 Å². The van der Waals surface area contributed by atoms with Crippen LogP contribution in [0, 0.1) is 5.92 Å². The molecule has 0 saturated heterocycles. The third-order valence-corrected chi connectivity index (χ3v) is 3.62. The van der Waals surface area contributed by atoms with Crippen molar-refractivity contribution in [1.82, 2.24) is 10.6 Å². The minimum absolute atomic E-state index is 0.0127. The quantitative estimate of drug-likeness (QED) is 0.611. The number of carbonyl (C=O) groups excluding carboxylic acids is 2. The van der Waals surface area contributed by atoms with Gasteiger partial charge in [-0.05, 0) is 43.5 Å². The van der Waals surface area contributed by atoms with E-state index in [9.17, 15) is 9.59 Å². The Morgan fingerprint density at radius 2 is 2.09 bits per heavy atom. The number of rotatable bonds is 9. The van der Waals surface area contributed by atoms with Crippen LogP contribution in [-0.4, -0.2) is 24.9 Å². The minimum Gasteiger partial charge on any atom is -0.356 e. The summed E-state index contributed by atoms with van der Waals surface area (Å²) in [5.41, 5.74) is 1.97. The number of nitrogens with one attached hydrogen (secondary N) is 3. The minimum atomic E-state index is -0.0127. The van der Waals surface area contributed by atoms with Crippen LogP contribution >= 0.6 is 0 Å². The molecule has 0 radical (unpaired) electrons. The zero-order valence-electron chi connectivity index (χ0n) is 13.2. The van der Waals surface area contributed by atoms with Gasteiger partial charge in [-0.15, -0.1) is 0 Å². The molecule has 5 nitrogen and oxygen atoms in total. The molecule has 2 amide bonds. The zero-order chi connectivity index (χ0) is 15.8. The van der Waals surface area contributed by atoms with E-state index in [1.807, 2.05) is 24.3 Å². The highest BCUT2D eigenvalue weighted by Crippen LogP contribution is 2.28. The van der Waals surface area contributed by atoms with E-state index < -0.39 is 0 Å². The first-order chi connectivity index (χ1) is 10.7. The van der Waals surface area contributed by atoms with Crippen molar-refractivity contribution < 1.29 is 9.59 Å². The van der Waals surface area contributed by atoms with Crippen molar-refractivity contribution in [2.45, 2.75) is 39.2 Å². The highest BCUT2D eigenvalue weighted by molar-refractivity contribution is 5.90. The summed E-state index contributed by atoms with van der Waals surface area (Å²) in [5, 5.41) is 9.03. The first-order valence-electron chi connectivity index (χ1n) is 8.06. The second-order valence-electron chi connectivity index (χ2n) is 5.70. The predicted molar refractivity (Wildman–Crippen MR) is 87.4 cm³/mol. The molecule has 0 heterocycles. The van der Waals surface area contributed by atoms with E-state index in [1.165, 1.54) is 0 Å². The van der Waals surface area contributed by atoms with Crippen LogP contribution < -0.4 is 16.0 Å². The van der Waals surface area contributed by atoms with Crippen molar-refractivity contribution in [3.05, 3.63) is 29.8 Å². The summed E-state index contributed by atoms with van der Waals surface area (Å²) in [6.07, 6.45) is 3.11. The molecule has 1 aliphatic rings. The van der Waals surface area contributed by atoms with Crippen LogP contribution in [0.15, 0.2) is 24.3 Å². The Hall–Kier alpha value is -1.88. The van der Waals surface area contributed by atoms with E-state index >= 15 is 0 Å². The third-order valence-electron chi connectivity index (χ3n) is 3.62. The van der Waals surface area contributed by atoms with Gasteiger partial charge in [-0.3, -0.25) is 9.59 Å². The van der Waals surface area contributed by atoms with Gasteiger partial charge in [0.05, 0.1) is 0 Å². The van der Waals surface area contributed by atoms with Crippen molar-refractivity contribution >= 4 is 17.5 Å². The molecule has 0 bridgehead atoms. The molecule has 22 heavy (non-hydrogen) atoms. The normalized spacial score (nSPS) is 13.7. The van der Waals surface area contributed by atoms with Crippen LogP contribution in [0.25, 0.3) is 0 Å². The van der Waals surface area contributed by atoms with Gasteiger partial charge in [0.2, 0.25) is 11.8 Å². The Morgan fingerprint density at radius 1 is 1.27 bits per heavy atom. The first kappa shape index (κ1) is 16.5.